The predicted octanol–water partition coefficient (Wildman–Crippen LogP) is 23.0. The molecule has 18 nitrogen and oxygen atoms in total. The Morgan fingerprint density at radius 3 is 1.29 bits per heavy atom. The van der Waals surface area contributed by atoms with Crippen molar-refractivity contribution < 1.29 is 55.1 Å². The van der Waals surface area contributed by atoms with Crippen molar-refractivity contribution in [3.8, 4) is 61.4 Å². The Balaban J connectivity index is 0.000000109. The van der Waals surface area contributed by atoms with E-state index in [0.717, 1.165) is 116 Å². The summed E-state index contributed by atoms with van der Waals surface area (Å²) in [5.74, 6) is -2.32. The topological polar surface area (TPSA) is 177 Å². The van der Waals surface area contributed by atoms with Crippen LogP contribution in [0.2, 0.25) is 0 Å². The second kappa shape index (κ2) is 37.9. The molecule has 0 saturated carbocycles. The van der Waals surface area contributed by atoms with Crippen LogP contribution in [0, 0.1) is 34.9 Å². The Bertz CT molecular complexity index is 7720. The first-order valence-electron chi connectivity index (χ1n) is 44.3. The number of amides is 5. The fourth-order valence-electron chi connectivity index (χ4n) is 18.1. The summed E-state index contributed by atoms with van der Waals surface area (Å²) in [5.41, 5.74) is 19.4. The number of methoxy groups -OCH3 is 1. The molecule has 0 bridgehead atoms. The van der Waals surface area contributed by atoms with E-state index in [-0.39, 0.29) is 104 Å². The highest BCUT2D eigenvalue weighted by molar-refractivity contribution is 6.01. The van der Waals surface area contributed by atoms with Gasteiger partial charge in [-0.1, -0.05) is 146 Å². The minimum Gasteiger partial charge on any atom is -0.497 e. The number of ether oxygens (including phenoxy) is 1. The number of nitrogens with zero attached hydrogens (tertiary/aromatic N) is 12. The van der Waals surface area contributed by atoms with Crippen LogP contribution in [-0.2, 0) is 80.0 Å². The first-order chi connectivity index (χ1) is 66.0. The van der Waals surface area contributed by atoms with Gasteiger partial charge in [-0.2, -0.15) is 5.10 Å². The maximum atomic E-state index is 14.8. The maximum Gasteiger partial charge on any atom is 0.256 e. The molecule has 24 heteroatoms. The highest BCUT2D eigenvalue weighted by atomic mass is 19.2. The molecule has 5 amide bonds. The number of carbonyl (C=O) groups excluding carboxylic acids is 5. The summed E-state index contributed by atoms with van der Waals surface area (Å²) >= 11 is 0. The number of fused-ring (bicyclic) bond motifs is 8. The summed E-state index contributed by atoms with van der Waals surface area (Å²) in [6.07, 6.45) is 12.7. The molecule has 5 aliphatic rings. The number of hydrogen-bond acceptors (Lipinski definition) is 10. The quantitative estimate of drug-likeness (QED) is 0.0846. The SMILES string of the molecule is CC1c2ccccc2C(=O)N1Cc1ccc(-c2ccn(C)c2)cc1F.COc1ccc(-c2ccc(CN3Cc4ncccc4C3=O)c(F)c2)cc1.Cn1cc2cc(-c3cc(F)c(CN4Cc5ncccc5C4=O)c(F)c3)ccc2n1.Cn1ccc2cc(-c3ccc(CN4Cc5ccccc5C4=O)c(F)c3)ccc21.O=C1c2cccnc2CN1Cc1ccc(-c2ccc3ccccc3c2)cc1F. The molecule has 674 valence electrons. The van der Waals surface area contributed by atoms with E-state index < -0.39 is 11.6 Å². The van der Waals surface area contributed by atoms with Gasteiger partial charge in [0.05, 0.1) is 78.6 Å². The van der Waals surface area contributed by atoms with Crippen LogP contribution in [0.1, 0.15) is 121 Å². The predicted molar refractivity (Wildman–Crippen MR) is 511 cm³/mol. The molecular formula is C112H88F6N12O6. The normalized spacial score (nSPS) is 13.8. The van der Waals surface area contributed by atoms with Crippen LogP contribution in [0.3, 0.4) is 0 Å². The van der Waals surface area contributed by atoms with Crippen LogP contribution in [0.4, 0.5) is 26.3 Å². The van der Waals surface area contributed by atoms with Crippen molar-refractivity contribution in [1.29, 1.82) is 0 Å². The van der Waals surface area contributed by atoms with E-state index in [1.807, 2.05) is 209 Å². The van der Waals surface area contributed by atoms with E-state index in [1.165, 1.54) is 23.1 Å². The lowest BCUT2D eigenvalue weighted by Gasteiger charge is -2.22. The van der Waals surface area contributed by atoms with Crippen LogP contribution in [0.15, 0.2) is 328 Å². The highest BCUT2D eigenvalue weighted by Gasteiger charge is 2.36. The maximum absolute atomic E-state index is 14.8. The van der Waals surface area contributed by atoms with Crippen LogP contribution < -0.4 is 4.74 Å². The van der Waals surface area contributed by atoms with Gasteiger partial charge in [-0.05, 0) is 224 Å². The molecule has 136 heavy (non-hydrogen) atoms. The Morgan fingerprint density at radius 1 is 0.338 bits per heavy atom. The minimum absolute atomic E-state index is 0.0327. The van der Waals surface area contributed by atoms with Gasteiger partial charge in [0.2, 0.25) is 0 Å². The lowest BCUT2D eigenvalue weighted by atomic mass is 10.00. The van der Waals surface area contributed by atoms with Crippen molar-refractivity contribution in [3.05, 3.63) is 447 Å². The summed E-state index contributed by atoms with van der Waals surface area (Å²) < 4.78 is 99.3. The average Bonchev–Trinajstić information content (AvgIpc) is 1.62. The molecule has 23 rings (SSSR count). The Morgan fingerprint density at radius 2 is 0.765 bits per heavy atom. The fourth-order valence-corrected chi connectivity index (χ4v) is 18.1. The largest absolute Gasteiger partial charge is 0.497 e. The molecule has 1 atom stereocenters. The molecule has 0 radical (unpaired) electrons. The third-order valence-electron chi connectivity index (χ3n) is 25.5. The van der Waals surface area contributed by atoms with Crippen molar-refractivity contribution in [2.24, 2.45) is 21.1 Å². The van der Waals surface area contributed by atoms with Gasteiger partial charge in [0.25, 0.3) is 29.5 Å². The number of pyridine rings is 3. The zero-order chi connectivity index (χ0) is 94.1. The molecule has 5 aliphatic heterocycles. The van der Waals surface area contributed by atoms with Crippen molar-refractivity contribution in [1.82, 2.24) is 58.4 Å². The molecule has 1 unspecified atom stereocenters. The first-order valence-corrected chi connectivity index (χ1v) is 44.3. The van der Waals surface area contributed by atoms with Crippen molar-refractivity contribution in [2.75, 3.05) is 7.11 Å². The molecule has 18 aromatic rings. The van der Waals surface area contributed by atoms with Crippen molar-refractivity contribution >= 4 is 62.1 Å². The number of aromatic nitrogens is 7. The van der Waals surface area contributed by atoms with Crippen LogP contribution in [-0.4, -0.2) is 95.0 Å². The minimum atomic E-state index is -0.678. The van der Waals surface area contributed by atoms with E-state index in [1.54, 1.807) is 135 Å². The zero-order valence-corrected chi connectivity index (χ0v) is 74.7. The zero-order valence-electron chi connectivity index (χ0n) is 74.7. The van der Waals surface area contributed by atoms with Crippen molar-refractivity contribution in [3.63, 3.8) is 0 Å². The third-order valence-corrected chi connectivity index (χ3v) is 25.5. The molecule has 0 fully saturated rings. The lowest BCUT2D eigenvalue weighted by Crippen LogP contribution is -2.26. The second-order valence-corrected chi connectivity index (χ2v) is 34.3. The lowest BCUT2D eigenvalue weighted by molar-refractivity contribution is 0.0718. The summed E-state index contributed by atoms with van der Waals surface area (Å²) in [5, 5.41) is 8.60. The summed E-state index contributed by atoms with van der Waals surface area (Å²) in [4.78, 5) is 83.2. The number of benzene rings is 12. The van der Waals surface area contributed by atoms with Crippen LogP contribution >= 0.6 is 0 Å². The van der Waals surface area contributed by atoms with Gasteiger partial charge in [0.1, 0.15) is 40.7 Å². The van der Waals surface area contributed by atoms with E-state index in [2.05, 4.69) is 54.9 Å². The molecule has 0 aliphatic carbocycles. The summed E-state index contributed by atoms with van der Waals surface area (Å²) in [7, 11) is 7.37. The molecular weight excluding hydrogens is 1720 g/mol. The highest BCUT2D eigenvalue weighted by Crippen LogP contribution is 2.39. The Hall–Kier alpha value is -16.6. The number of rotatable bonds is 16. The van der Waals surface area contributed by atoms with Gasteiger partial charge >= 0.3 is 0 Å². The van der Waals surface area contributed by atoms with Gasteiger partial charge in [-0.25, -0.2) is 26.3 Å². The molecule has 6 aromatic heterocycles. The molecule has 12 aromatic carbocycles. The van der Waals surface area contributed by atoms with Gasteiger partial charge < -0.3 is 38.4 Å². The summed E-state index contributed by atoms with van der Waals surface area (Å²) in [6, 6.07) is 86.2. The number of halogens is 6. The number of hydrogen-bond donors (Lipinski definition) is 0. The fraction of sp³-hybridized carbons (Fsp3) is 0.134. The second-order valence-electron chi connectivity index (χ2n) is 34.3. The van der Waals surface area contributed by atoms with Crippen LogP contribution in [0.25, 0.3) is 88.2 Å². The molecule has 0 N–H and O–H groups in total. The summed E-state index contributed by atoms with van der Waals surface area (Å²) in [6.45, 7) is 4.45. The molecule has 0 spiro atoms. The first kappa shape index (κ1) is 88.6. The van der Waals surface area contributed by atoms with Crippen LogP contribution in [0.5, 0.6) is 5.75 Å². The Kier molecular flexibility index (Phi) is 24.7. The van der Waals surface area contributed by atoms with Gasteiger partial charge in [0, 0.05) is 152 Å². The monoisotopic (exact) mass is 1810 g/mol. The van der Waals surface area contributed by atoms with Crippen molar-refractivity contribution in [2.45, 2.75) is 71.9 Å². The smallest absolute Gasteiger partial charge is 0.256 e. The third kappa shape index (κ3) is 18.3. The van der Waals surface area contributed by atoms with E-state index >= 15 is 0 Å². The van der Waals surface area contributed by atoms with Gasteiger partial charge in [0.15, 0.2) is 0 Å². The van der Waals surface area contributed by atoms with Gasteiger partial charge in [-0.15, -0.1) is 0 Å². The molecule has 11 heterocycles. The van der Waals surface area contributed by atoms with E-state index in [4.69, 9.17) is 4.74 Å². The standard InChI is InChI=1S/C24H19FN2O.C24H17FN2O.C22H16F2N4O.C21H17FN2O2.C21H19FN2O/c1-26-11-10-18-12-16(8-9-23(18)26)17-6-7-20(22(25)13-17)15-27-14-19-4-2-3-5-21(19)24(27)28;25-22-13-19(18-8-7-16-4-1-2-5-17(16)12-18)9-10-20(22)14-27-15-23-21(24(27)28)6-3-11-26-23;1-27-10-15-7-13(4-5-20(15)26-27)14-8-18(23)17(19(24)9-14)11-28-12-21-16(22(28)29)3-2-6-25-21;1-26-17-8-6-14(7-9-17)15-4-5-16(19(22)11-15)12-24-13-20-18(21(24)25)3-2-10-23-20;1-14-18-5-3-4-6-19(18)21(25)24(14)13-17-8-7-15(11-20(17)22)16-9-10-23(2)12-16/h2-13H,14-15H2,1H3;1-13H,14-15H2;2-10H,11-12H2,1H3;2-11H,12-13H2,1H3;3-12,14H,13H2,1-2H3. The average molecular weight is 1810 g/mol. The van der Waals surface area contributed by atoms with Gasteiger partial charge in [-0.3, -0.25) is 43.6 Å². The number of aryl methyl sites for hydroxylation is 3. The Labute approximate surface area is 779 Å². The van der Waals surface area contributed by atoms with E-state index in [0.29, 0.717) is 75.4 Å². The molecule has 0 saturated heterocycles. The van der Waals surface area contributed by atoms with E-state index in [9.17, 15) is 50.3 Å². The number of carbonyl (C=O) groups is 5.